The number of carbonyl (C=O) groups excluding carboxylic acids is 2. The van der Waals surface area contributed by atoms with Gasteiger partial charge in [0.15, 0.2) is 0 Å². The molecule has 2 aliphatic heterocycles. The van der Waals surface area contributed by atoms with Crippen molar-refractivity contribution in [1.29, 1.82) is 0 Å². The fraction of sp³-hybridized carbons (Fsp3) is 0.500. The summed E-state index contributed by atoms with van der Waals surface area (Å²) in [6.07, 6.45) is 0. The fourth-order valence-corrected chi connectivity index (χ4v) is 5.43. The van der Waals surface area contributed by atoms with E-state index in [0.717, 1.165) is 0 Å². The van der Waals surface area contributed by atoms with Crippen LogP contribution in [0.25, 0.3) is 0 Å². The molecule has 0 N–H and O–H groups in total. The second-order valence-electron chi connectivity index (χ2n) is 6.18. The van der Waals surface area contributed by atoms with Crippen molar-refractivity contribution in [2.24, 2.45) is 0 Å². The van der Waals surface area contributed by atoms with E-state index in [1.54, 1.807) is 6.07 Å². The van der Waals surface area contributed by atoms with Gasteiger partial charge in [-0.2, -0.15) is 4.31 Å². The molecule has 27 heavy (non-hydrogen) atoms. The van der Waals surface area contributed by atoms with Gasteiger partial charge < -0.3 is 14.5 Å². The molecule has 0 aromatic heterocycles. The smallest absolute Gasteiger partial charge is 0.312 e. The number of sulfonamides is 1. The Balaban J connectivity index is 1.64. The molecule has 2 fully saturated rings. The number of morpholine rings is 1. The van der Waals surface area contributed by atoms with Crippen LogP contribution >= 0.6 is 27.5 Å². The largest absolute Gasteiger partial charge is 0.378 e. The zero-order chi connectivity index (χ0) is 19.6. The van der Waals surface area contributed by atoms with E-state index in [2.05, 4.69) is 15.9 Å². The second-order valence-corrected chi connectivity index (χ2v) is 9.40. The summed E-state index contributed by atoms with van der Waals surface area (Å²) in [5, 5.41) is 0.130. The van der Waals surface area contributed by atoms with Crippen molar-refractivity contribution < 1.29 is 22.7 Å². The molecular formula is C16H19BrClN3O5S. The van der Waals surface area contributed by atoms with Gasteiger partial charge in [0, 0.05) is 43.7 Å². The van der Waals surface area contributed by atoms with E-state index in [1.807, 2.05) is 0 Å². The number of rotatable bonds is 2. The van der Waals surface area contributed by atoms with Gasteiger partial charge >= 0.3 is 11.8 Å². The Kier molecular flexibility index (Phi) is 6.42. The van der Waals surface area contributed by atoms with Crippen LogP contribution in [0.15, 0.2) is 27.6 Å². The molecule has 2 heterocycles. The molecule has 0 aliphatic carbocycles. The maximum absolute atomic E-state index is 12.8. The quantitative estimate of drug-likeness (QED) is 0.584. The molecule has 0 radical (unpaired) electrons. The average molecular weight is 481 g/mol. The topological polar surface area (TPSA) is 87.2 Å². The summed E-state index contributed by atoms with van der Waals surface area (Å²) in [5.41, 5.74) is 0. The minimum Gasteiger partial charge on any atom is -0.378 e. The Morgan fingerprint density at radius 2 is 1.52 bits per heavy atom. The van der Waals surface area contributed by atoms with Crippen LogP contribution in [0.4, 0.5) is 0 Å². The Bertz CT molecular complexity index is 836. The summed E-state index contributed by atoms with van der Waals surface area (Å²) < 4.78 is 32.8. The lowest BCUT2D eigenvalue weighted by molar-refractivity contribution is -0.154. The molecule has 1 aromatic carbocycles. The second kappa shape index (κ2) is 8.44. The number of hydrogen-bond donors (Lipinski definition) is 0. The first-order valence-electron chi connectivity index (χ1n) is 8.42. The summed E-state index contributed by atoms with van der Waals surface area (Å²) in [4.78, 5) is 27.6. The first kappa shape index (κ1) is 20.5. The van der Waals surface area contributed by atoms with Crippen LogP contribution < -0.4 is 0 Å². The first-order valence-corrected chi connectivity index (χ1v) is 11.0. The van der Waals surface area contributed by atoms with Gasteiger partial charge in [-0.05, 0) is 18.2 Å². The number of carbonyl (C=O) groups is 2. The maximum Gasteiger partial charge on any atom is 0.312 e. The number of piperazine rings is 1. The molecule has 0 atom stereocenters. The first-order chi connectivity index (χ1) is 12.8. The summed E-state index contributed by atoms with van der Waals surface area (Å²) in [5.74, 6) is -1.17. The van der Waals surface area contributed by atoms with Crippen molar-refractivity contribution in [2.45, 2.75) is 4.90 Å². The highest BCUT2D eigenvalue weighted by Gasteiger charge is 2.34. The number of hydrogen-bond acceptors (Lipinski definition) is 5. The van der Waals surface area contributed by atoms with Gasteiger partial charge in [0.1, 0.15) is 4.90 Å². The number of benzene rings is 1. The lowest BCUT2D eigenvalue weighted by Gasteiger charge is -2.35. The monoisotopic (exact) mass is 479 g/mol. The molecule has 0 spiro atoms. The number of amides is 2. The van der Waals surface area contributed by atoms with Crippen molar-refractivity contribution in [3.05, 3.63) is 27.7 Å². The maximum atomic E-state index is 12.8. The van der Waals surface area contributed by atoms with Crippen LogP contribution in [0.1, 0.15) is 0 Å². The highest BCUT2D eigenvalue weighted by molar-refractivity contribution is 9.10. The van der Waals surface area contributed by atoms with Crippen LogP contribution in [-0.2, 0) is 24.3 Å². The average Bonchev–Trinajstić information content (AvgIpc) is 2.67. The van der Waals surface area contributed by atoms with Crippen molar-refractivity contribution >= 4 is 49.4 Å². The lowest BCUT2D eigenvalue weighted by Crippen LogP contribution is -2.55. The summed E-state index contributed by atoms with van der Waals surface area (Å²) >= 11 is 9.33. The van der Waals surface area contributed by atoms with E-state index in [0.29, 0.717) is 30.8 Å². The van der Waals surface area contributed by atoms with E-state index in [1.165, 1.54) is 26.2 Å². The normalized spacial score (nSPS) is 19.2. The minimum atomic E-state index is -3.77. The highest BCUT2D eigenvalue weighted by Crippen LogP contribution is 2.28. The fourth-order valence-electron chi connectivity index (χ4n) is 2.99. The Labute approximate surface area is 171 Å². The third-order valence-corrected chi connectivity index (χ3v) is 7.39. The molecule has 0 bridgehead atoms. The third kappa shape index (κ3) is 4.45. The molecule has 0 saturated carbocycles. The zero-order valence-corrected chi connectivity index (χ0v) is 17.6. The predicted molar refractivity (Wildman–Crippen MR) is 102 cm³/mol. The Hall–Kier alpha value is -1.20. The molecule has 2 saturated heterocycles. The molecule has 2 aliphatic rings. The van der Waals surface area contributed by atoms with Crippen LogP contribution in [0.2, 0.25) is 5.02 Å². The molecule has 2 amide bonds. The zero-order valence-electron chi connectivity index (χ0n) is 14.4. The van der Waals surface area contributed by atoms with Crippen molar-refractivity contribution in [3.8, 4) is 0 Å². The Morgan fingerprint density at radius 3 is 2.07 bits per heavy atom. The van der Waals surface area contributed by atoms with Gasteiger partial charge in [0.2, 0.25) is 10.0 Å². The van der Waals surface area contributed by atoms with E-state index < -0.39 is 21.8 Å². The molecule has 0 unspecified atom stereocenters. The van der Waals surface area contributed by atoms with Crippen molar-refractivity contribution in [3.63, 3.8) is 0 Å². The highest BCUT2D eigenvalue weighted by atomic mass is 79.9. The predicted octanol–water partition coefficient (Wildman–Crippen LogP) is 0.794. The van der Waals surface area contributed by atoms with Crippen LogP contribution in [-0.4, -0.2) is 86.8 Å². The standard InChI is InChI=1S/C16H19BrClN3O5S/c17-12-1-2-14(13(18)11-12)27(24,25)21-5-3-19(4-6-21)15(22)16(23)20-7-9-26-10-8-20/h1-2,11H,3-10H2. The minimum absolute atomic E-state index is 0.0246. The van der Waals surface area contributed by atoms with Crippen molar-refractivity contribution in [1.82, 2.24) is 14.1 Å². The van der Waals surface area contributed by atoms with Gasteiger partial charge in [-0.15, -0.1) is 0 Å². The van der Waals surface area contributed by atoms with Gasteiger partial charge in [-0.1, -0.05) is 27.5 Å². The SMILES string of the molecule is O=C(C(=O)N1CCN(S(=O)(=O)c2ccc(Br)cc2Cl)CC1)N1CCOCC1. The molecule has 3 rings (SSSR count). The van der Waals surface area contributed by atoms with Crippen molar-refractivity contribution in [2.75, 3.05) is 52.5 Å². The molecule has 148 valence electrons. The summed E-state index contributed by atoms with van der Waals surface area (Å²) in [7, 11) is -3.77. The number of ether oxygens (including phenoxy) is 1. The van der Waals surface area contributed by atoms with E-state index in [9.17, 15) is 18.0 Å². The molecule has 8 nitrogen and oxygen atoms in total. The van der Waals surface area contributed by atoms with E-state index in [4.69, 9.17) is 16.3 Å². The van der Waals surface area contributed by atoms with E-state index >= 15 is 0 Å². The van der Waals surface area contributed by atoms with E-state index in [-0.39, 0.29) is 36.1 Å². The molecule has 1 aromatic rings. The Morgan fingerprint density at radius 1 is 0.963 bits per heavy atom. The number of halogens is 2. The molecular weight excluding hydrogens is 462 g/mol. The summed E-state index contributed by atoms with van der Waals surface area (Å²) in [6.45, 7) is 2.14. The van der Waals surface area contributed by atoms with Gasteiger partial charge in [-0.25, -0.2) is 8.42 Å². The van der Waals surface area contributed by atoms with Gasteiger partial charge in [0.05, 0.1) is 18.2 Å². The van der Waals surface area contributed by atoms with Crippen LogP contribution in [0.3, 0.4) is 0 Å². The lowest BCUT2D eigenvalue weighted by atomic mass is 10.3. The van der Waals surface area contributed by atoms with Gasteiger partial charge in [0.25, 0.3) is 0 Å². The summed E-state index contributed by atoms with van der Waals surface area (Å²) in [6, 6.07) is 4.58. The molecule has 11 heteroatoms. The third-order valence-electron chi connectivity index (χ3n) is 4.52. The van der Waals surface area contributed by atoms with Crippen LogP contribution in [0, 0.1) is 0 Å². The van der Waals surface area contributed by atoms with Crippen LogP contribution in [0.5, 0.6) is 0 Å². The van der Waals surface area contributed by atoms with Gasteiger partial charge in [-0.3, -0.25) is 9.59 Å². The number of nitrogens with zero attached hydrogens (tertiary/aromatic N) is 3.